The van der Waals surface area contributed by atoms with Crippen LogP contribution in [-0.2, 0) is 11.2 Å². The van der Waals surface area contributed by atoms with Crippen molar-refractivity contribution in [2.75, 3.05) is 5.32 Å². The summed E-state index contributed by atoms with van der Waals surface area (Å²) in [7, 11) is 0. The van der Waals surface area contributed by atoms with Gasteiger partial charge in [-0.1, -0.05) is 32.1 Å². The van der Waals surface area contributed by atoms with Crippen molar-refractivity contribution in [3.8, 4) is 0 Å². The molecule has 1 unspecified atom stereocenters. The predicted octanol–water partition coefficient (Wildman–Crippen LogP) is 2.48. The van der Waals surface area contributed by atoms with Crippen LogP contribution in [0, 0.1) is 5.92 Å². The van der Waals surface area contributed by atoms with Gasteiger partial charge in [0.1, 0.15) is 11.0 Å². The summed E-state index contributed by atoms with van der Waals surface area (Å²) in [6.07, 6.45) is 3.21. The standard InChI is InChI=1S/C15H20N4O3S/c1-4-6-11-18-19-15(23-11)17-14(21)12(9(2)3)16-13(20)10-7-5-8-22-10/h5,7-9,12H,4,6H2,1-3H3,(H,16,20)(H,17,19,21). The van der Waals surface area contributed by atoms with E-state index in [0.29, 0.717) is 5.13 Å². The maximum absolute atomic E-state index is 12.4. The lowest BCUT2D eigenvalue weighted by Crippen LogP contribution is -2.47. The zero-order valence-corrected chi connectivity index (χ0v) is 14.1. The number of carbonyl (C=O) groups excluding carboxylic acids is 2. The number of carbonyl (C=O) groups is 2. The van der Waals surface area contributed by atoms with E-state index in [4.69, 9.17) is 4.42 Å². The van der Waals surface area contributed by atoms with Crippen LogP contribution >= 0.6 is 11.3 Å². The van der Waals surface area contributed by atoms with E-state index in [1.807, 2.05) is 13.8 Å². The van der Waals surface area contributed by atoms with Gasteiger partial charge in [0.05, 0.1) is 6.26 Å². The Bertz CT molecular complexity index is 651. The second kappa shape index (κ2) is 7.87. The highest BCUT2D eigenvalue weighted by atomic mass is 32.1. The van der Waals surface area contributed by atoms with E-state index in [2.05, 4.69) is 27.8 Å². The van der Waals surface area contributed by atoms with Gasteiger partial charge in [-0.25, -0.2) is 0 Å². The Hall–Kier alpha value is -2.22. The maximum Gasteiger partial charge on any atom is 0.287 e. The highest BCUT2D eigenvalue weighted by Gasteiger charge is 2.26. The Morgan fingerprint density at radius 2 is 2.13 bits per heavy atom. The number of anilines is 1. The van der Waals surface area contributed by atoms with Crippen LogP contribution in [0.5, 0.6) is 0 Å². The van der Waals surface area contributed by atoms with Crippen molar-refractivity contribution in [3.05, 3.63) is 29.2 Å². The van der Waals surface area contributed by atoms with Gasteiger partial charge >= 0.3 is 0 Å². The molecule has 0 fully saturated rings. The average Bonchev–Trinajstić information content (AvgIpc) is 3.16. The molecule has 0 aliphatic carbocycles. The van der Waals surface area contributed by atoms with E-state index in [-0.39, 0.29) is 17.6 Å². The third-order valence-corrected chi connectivity index (χ3v) is 4.04. The van der Waals surface area contributed by atoms with Crippen molar-refractivity contribution in [2.45, 2.75) is 39.7 Å². The van der Waals surface area contributed by atoms with Crippen molar-refractivity contribution in [1.82, 2.24) is 15.5 Å². The first-order valence-electron chi connectivity index (χ1n) is 7.48. The third kappa shape index (κ3) is 4.62. The summed E-state index contributed by atoms with van der Waals surface area (Å²) >= 11 is 1.35. The average molecular weight is 336 g/mol. The first-order chi connectivity index (χ1) is 11.0. The molecule has 7 nitrogen and oxygen atoms in total. The molecule has 0 aromatic carbocycles. The summed E-state index contributed by atoms with van der Waals surface area (Å²) in [6.45, 7) is 5.77. The summed E-state index contributed by atoms with van der Waals surface area (Å²) in [4.78, 5) is 24.5. The molecule has 124 valence electrons. The minimum absolute atomic E-state index is 0.0862. The van der Waals surface area contributed by atoms with Crippen LogP contribution in [0.25, 0.3) is 0 Å². The van der Waals surface area contributed by atoms with Crippen molar-refractivity contribution in [3.63, 3.8) is 0 Å². The monoisotopic (exact) mass is 336 g/mol. The minimum atomic E-state index is -0.689. The van der Waals surface area contributed by atoms with Gasteiger partial charge in [0, 0.05) is 6.42 Å². The molecular formula is C15H20N4O3S. The number of aryl methyl sites for hydroxylation is 1. The molecule has 2 aromatic rings. The zero-order chi connectivity index (χ0) is 16.8. The fraction of sp³-hybridized carbons (Fsp3) is 0.467. The lowest BCUT2D eigenvalue weighted by molar-refractivity contribution is -0.118. The lowest BCUT2D eigenvalue weighted by Gasteiger charge is -2.20. The van der Waals surface area contributed by atoms with Crippen molar-refractivity contribution in [1.29, 1.82) is 0 Å². The number of nitrogens with zero attached hydrogens (tertiary/aromatic N) is 2. The second-order valence-corrected chi connectivity index (χ2v) is 6.47. The molecule has 23 heavy (non-hydrogen) atoms. The molecule has 8 heteroatoms. The van der Waals surface area contributed by atoms with Crippen LogP contribution in [0.1, 0.15) is 42.8 Å². The van der Waals surface area contributed by atoms with Gasteiger partial charge in [0.25, 0.3) is 5.91 Å². The molecule has 0 saturated heterocycles. The molecule has 2 heterocycles. The van der Waals surface area contributed by atoms with E-state index in [9.17, 15) is 9.59 Å². The second-order valence-electron chi connectivity index (χ2n) is 5.41. The van der Waals surface area contributed by atoms with Gasteiger partial charge in [-0.15, -0.1) is 10.2 Å². The lowest BCUT2D eigenvalue weighted by atomic mass is 10.0. The van der Waals surface area contributed by atoms with Crippen LogP contribution in [0.15, 0.2) is 22.8 Å². The van der Waals surface area contributed by atoms with Crippen LogP contribution in [0.2, 0.25) is 0 Å². The Morgan fingerprint density at radius 3 is 2.74 bits per heavy atom. The van der Waals surface area contributed by atoms with Crippen LogP contribution in [-0.4, -0.2) is 28.1 Å². The zero-order valence-electron chi connectivity index (χ0n) is 13.3. The van der Waals surface area contributed by atoms with E-state index in [1.54, 1.807) is 12.1 Å². The molecule has 0 aliphatic rings. The van der Waals surface area contributed by atoms with E-state index in [1.165, 1.54) is 17.6 Å². The van der Waals surface area contributed by atoms with Gasteiger partial charge in [-0.05, 0) is 24.5 Å². The van der Waals surface area contributed by atoms with Gasteiger partial charge in [0.2, 0.25) is 11.0 Å². The maximum atomic E-state index is 12.4. The fourth-order valence-electron chi connectivity index (χ4n) is 1.96. The number of hydrogen-bond acceptors (Lipinski definition) is 6. The van der Waals surface area contributed by atoms with Gasteiger partial charge in [-0.2, -0.15) is 0 Å². The van der Waals surface area contributed by atoms with Crippen LogP contribution in [0.4, 0.5) is 5.13 Å². The summed E-state index contributed by atoms with van der Waals surface area (Å²) in [5.41, 5.74) is 0. The summed E-state index contributed by atoms with van der Waals surface area (Å²) in [6, 6.07) is 2.48. The molecule has 0 bridgehead atoms. The normalized spacial score (nSPS) is 12.2. The van der Waals surface area contributed by atoms with E-state index in [0.717, 1.165) is 17.8 Å². The fourth-order valence-corrected chi connectivity index (χ4v) is 2.80. The van der Waals surface area contributed by atoms with Gasteiger partial charge < -0.3 is 9.73 Å². The SMILES string of the molecule is CCCc1nnc(NC(=O)C(NC(=O)c2ccco2)C(C)C)s1. The predicted molar refractivity (Wildman–Crippen MR) is 87.3 cm³/mol. The molecule has 2 rings (SSSR count). The number of nitrogens with one attached hydrogen (secondary N) is 2. The quantitative estimate of drug-likeness (QED) is 0.809. The van der Waals surface area contributed by atoms with Crippen LogP contribution < -0.4 is 10.6 Å². The minimum Gasteiger partial charge on any atom is -0.459 e. The molecule has 0 saturated carbocycles. The Labute approximate surface area is 138 Å². The third-order valence-electron chi connectivity index (χ3n) is 3.14. The molecule has 2 aromatic heterocycles. The number of aromatic nitrogens is 2. The van der Waals surface area contributed by atoms with E-state index < -0.39 is 11.9 Å². The number of rotatable bonds is 7. The number of amides is 2. The largest absolute Gasteiger partial charge is 0.459 e. The van der Waals surface area contributed by atoms with Crippen molar-refractivity contribution >= 4 is 28.3 Å². The molecule has 0 spiro atoms. The van der Waals surface area contributed by atoms with Gasteiger partial charge in [-0.3, -0.25) is 14.9 Å². The molecular weight excluding hydrogens is 316 g/mol. The Balaban J connectivity index is 2.01. The van der Waals surface area contributed by atoms with Gasteiger partial charge in [0.15, 0.2) is 5.76 Å². The number of hydrogen-bond donors (Lipinski definition) is 2. The van der Waals surface area contributed by atoms with Crippen molar-refractivity contribution < 1.29 is 14.0 Å². The Kier molecular flexibility index (Phi) is 5.86. The number of furan rings is 1. The van der Waals surface area contributed by atoms with E-state index >= 15 is 0 Å². The summed E-state index contributed by atoms with van der Waals surface area (Å²) < 4.78 is 5.04. The highest BCUT2D eigenvalue weighted by molar-refractivity contribution is 7.15. The smallest absolute Gasteiger partial charge is 0.287 e. The molecule has 2 amide bonds. The Morgan fingerprint density at radius 1 is 1.35 bits per heavy atom. The topological polar surface area (TPSA) is 97.1 Å². The summed E-state index contributed by atoms with van der Waals surface area (Å²) in [5, 5.41) is 14.7. The van der Waals surface area contributed by atoms with Crippen molar-refractivity contribution in [2.24, 2.45) is 5.92 Å². The highest BCUT2D eigenvalue weighted by Crippen LogP contribution is 2.17. The first kappa shape index (κ1) is 17.1. The molecule has 0 aliphatic heterocycles. The van der Waals surface area contributed by atoms with Crippen LogP contribution in [0.3, 0.4) is 0 Å². The first-order valence-corrected chi connectivity index (χ1v) is 8.30. The summed E-state index contributed by atoms with van der Waals surface area (Å²) in [5.74, 6) is -0.659. The molecule has 0 radical (unpaired) electrons. The molecule has 1 atom stereocenters. The molecule has 2 N–H and O–H groups in total.